The van der Waals surface area contributed by atoms with Crippen molar-refractivity contribution in [2.45, 2.75) is 26.3 Å². The van der Waals surface area contributed by atoms with Crippen molar-refractivity contribution in [3.8, 4) is 11.4 Å². The van der Waals surface area contributed by atoms with Crippen molar-refractivity contribution in [3.05, 3.63) is 98.7 Å². The Hall–Kier alpha value is -3.42. The van der Waals surface area contributed by atoms with Crippen LogP contribution >= 0.6 is 22.9 Å². The van der Waals surface area contributed by atoms with Gasteiger partial charge in [0.1, 0.15) is 0 Å². The first kappa shape index (κ1) is 22.4. The molecule has 0 saturated heterocycles. The number of halogens is 1. The average molecular weight is 491 g/mol. The van der Waals surface area contributed by atoms with Crippen molar-refractivity contribution >= 4 is 34.5 Å². The van der Waals surface area contributed by atoms with E-state index in [4.69, 9.17) is 21.1 Å². The molecule has 0 fully saturated rings. The summed E-state index contributed by atoms with van der Waals surface area (Å²) in [6.45, 7) is 4.51. The third kappa shape index (κ3) is 4.49. The first-order valence-electron chi connectivity index (χ1n) is 11.0. The van der Waals surface area contributed by atoms with Crippen LogP contribution in [0.5, 0.6) is 0 Å². The fourth-order valence-electron chi connectivity index (χ4n) is 4.06. The molecule has 0 saturated carbocycles. The van der Waals surface area contributed by atoms with Gasteiger partial charge in [-0.1, -0.05) is 64.8 Å². The van der Waals surface area contributed by atoms with Gasteiger partial charge in [-0.05, 0) is 49.4 Å². The van der Waals surface area contributed by atoms with Crippen LogP contribution in [0.15, 0.2) is 76.3 Å². The van der Waals surface area contributed by atoms with E-state index in [1.807, 2.05) is 73.8 Å². The van der Waals surface area contributed by atoms with Crippen LogP contribution < -0.4 is 5.32 Å². The van der Waals surface area contributed by atoms with Crippen LogP contribution in [0.2, 0.25) is 5.02 Å². The van der Waals surface area contributed by atoms with Crippen LogP contribution in [0.3, 0.4) is 0 Å². The topological polar surface area (TPSA) is 71.3 Å². The van der Waals surface area contributed by atoms with Crippen molar-refractivity contribution < 1.29 is 9.32 Å². The van der Waals surface area contributed by atoms with Crippen LogP contribution in [0, 0.1) is 6.92 Å². The molecule has 4 aromatic rings. The summed E-state index contributed by atoms with van der Waals surface area (Å²) in [4.78, 5) is 20.8. The van der Waals surface area contributed by atoms with Crippen LogP contribution in [-0.2, 0) is 6.42 Å². The lowest BCUT2D eigenvalue weighted by atomic mass is 9.94. The summed E-state index contributed by atoms with van der Waals surface area (Å²) in [5.41, 5.74) is 4.49. The molecule has 1 aliphatic heterocycles. The van der Waals surface area contributed by atoms with Crippen molar-refractivity contribution in [3.63, 3.8) is 0 Å². The molecular formula is C26H23ClN4O2S. The van der Waals surface area contributed by atoms with Crippen LogP contribution in [0.4, 0.5) is 4.79 Å². The Kier molecular flexibility index (Phi) is 6.22. The van der Waals surface area contributed by atoms with Crippen molar-refractivity contribution in [1.82, 2.24) is 20.4 Å². The number of aromatic nitrogens is 2. The zero-order chi connectivity index (χ0) is 23.7. The Labute approximate surface area is 206 Å². The highest BCUT2D eigenvalue weighted by molar-refractivity contribution is 7.09. The van der Waals surface area contributed by atoms with E-state index >= 15 is 0 Å². The Morgan fingerprint density at radius 1 is 1.09 bits per heavy atom. The molecule has 2 aromatic heterocycles. The molecule has 1 aliphatic rings. The van der Waals surface area contributed by atoms with E-state index in [0.717, 1.165) is 34.4 Å². The summed E-state index contributed by atoms with van der Waals surface area (Å²) in [5.74, 6) is 0.890. The number of amides is 2. The minimum Gasteiger partial charge on any atom is -0.334 e. The molecule has 0 spiro atoms. The fraction of sp³-hybridized carbons (Fsp3) is 0.192. The second kappa shape index (κ2) is 9.44. The number of aryl methyl sites for hydroxylation is 1. The Morgan fingerprint density at radius 3 is 2.56 bits per heavy atom. The summed E-state index contributed by atoms with van der Waals surface area (Å²) in [7, 11) is 0. The van der Waals surface area contributed by atoms with Gasteiger partial charge in [-0.2, -0.15) is 4.98 Å². The molecule has 0 bridgehead atoms. The molecular weight excluding hydrogens is 468 g/mol. The Balaban J connectivity index is 1.55. The van der Waals surface area contributed by atoms with Gasteiger partial charge >= 0.3 is 6.03 Å². The summed E-state index contributed by atoms with van der Waals surface area (Å²) < 4.78 is 5.75. The summed E-state index contributed by atoms with van der Waals surface area (Å²) in [5, 5.41) is 10.0. The minimum atomic E-state index is -0.436. The number of nitrogens with one attached hydrogen (secondary N) is 1. The maximum Gasteiger partial charge on any atom is 0.322 e. The van der Waals surface area contributed by atoms with E-state index in [2.05, 4.69) is 16.5 Å². The van der Waals surface area contributed by atoms with E-state index in [9.17, 15) is 4.79 Å². The van der Waals surface area contributed by atoms with Crippen molar-refractivity contribution in [1.29, 1.82) is 0 Å². The number of hydrogen-bond donors (Lipinski definition) is 1. The van der Waals surface area contributed by atoms with E-state index in [-0.39, 0.29) is 6.03 Å². The molecule has 0 aliphatic carbocycles. The molecule has 2 amide bonds. The molecule has 8 heteroatoms. The zero-order valence-electron chi connectivity index (χ0n) is 18.8. The predicted octanol–water partition coefficient (Wildman–Crippen LogP) is 6.50. The summed E-state index contributed by atoms with van der Waals surface area (Å²) in [6, 6.07) is 18.9. The standard InChI is InChI=1S/C26H23ClN4O2S/c1-16-5-7-19(8-6-16)24-29-25(33-30-24)22-17(2)31(14-13-21-4-3-15-34-21)26(32)28-23(22)18-9-11-20(27)12-10-18/h3-12,15,23H,13-14H2,1-2H3,(H,28,32). The number of allylic oxidation sites excluding steroid dienone is 1. The SMILES string of the molecule is CC1=C(c2nc(-c3ccc(C)cc3)no2)C(c2ccc(Cl)cc2)NC(=O)N1CCc1cccs1. The molecule has 0 radical (unpaired) electrons. The average Bonchev–Trinajstić information content (AvgIpc) is 3.52. The first-order chi connectivity index (χ1) is 16.5. The Morgan fingerprint density at radius 2 is 1.85 bits per heavy atom. The highest BCUT2D eigenvalue weighted by Gasteiger charge is 2.35. The van der Waals surface area contributed by atoms with Gasteiger partial charge in [-0.25, -0.2) is 4.79 Å². The molecule has 1 unspecified atom stereocenters. The second-order valence-corrected chi connectivity index (χ2v) is 9.67. The van der Waals surface area contributed by atoms with Crippen LogP contribution in [0.1, 0.15) is 34.9 Å². The number of nitrogens with zero attached hydrogens (tertiary/aromatic N) is 3. The van der Waals surface area contributed by atoms with Crippen LogP contribution in [-0.4, -0.2) is 27.6 Å². The van der Waals surface area contributed by atoms with Crippen LogP contribution in [0.25, 0.3) is 17.0 Å². The summed E-state index contributed by atoms with van der Waals surface area (Å²) in [6.07, 6.45) is 0.764. The minimum absolute atomic E-state index is 0.156. The monoisotopic (exact) mass is 490 g/mol. The number of carbonyl (C=O) groups excluding carboxylic acids is 1. The predicted molar refractivity (Wildman–Crippen MR) is 135 cm³/mol. The maximum atomic E-state index is 13.1. The molecule has 6 nitrogen and oxygen atoms in total. The normalized spacial score (nSPS) is 16.1. The van der Waals surface area contributed by atoms with Gasteiger partial charge in [0.25, 0.3) is 5.89 Å². The Bertz CT molecular complexity index is 1330. The number of hydrogen-bond acceptors (Lipinski definition) is 5. The van der Waals surface area contributed by atoms with E-state index in [1.165, 1.54) is 4.88 Å². The molecule has 2 aromatic carbocycles. The number of thiophene rings is 1. The quantitative estimate of drug-likeness (QED) is 0.335. The van der Waals surface area contributed by atoms with Gasteiger partial charge < -0.3 is 9.84 Å². The van der Waals surface area contributed by atoms with Gasteiger partial charge in [0.15, 0.2) is 0 Å². The van der Waals surface area contributed by atoms with E-state index in [1.54, 1.807) is 16.2 Å². The van der Waals surface area contributed by atoms with Gasteiger partial charge in [0.05, 0.1) is 11.6 Å². The smallest absolute Gasteiger partial charge is 0.322 e. The highest BCUT2D eigenvalue weighted by Crippen LogP contribution is 2.37. The van der Waals surface area contributed by atoms with Gasteiger partial charge in [0, 0.05) is 27.7 Å². The first-order valence-corrected chi connectivity index (χ1v) is 12.2. The van der Waals surface area contributed by atoms with Gasteiger partial charge in [-0.15, -0.1) is 11.3 Å². The molecule has 3 heterocycles. The molecule has 172 valence electrons. The lowest BCUT2D eigenvalue weighted by Crippen LogP contribution is -2.46. The second-order valence-electron chi connectivity index (χ2n) is 8.20. The number of carbonyl (C=O) groups is 1. The summed E-state index contributed by atoms with van der Waals surface area (Å²) >= 11 is 7.79. The van der Waals surface area contributed by atoms with Gasteiger partial charge in [0.2, 0.25) is 5.82 Å². The third-order valence-electron chi connectivity index (χ3n) is 5.93. The molecule has 1 N–H and O–H groups in total. The zero-order valence-corrected chi connectivity index (χ0v) is 20.4. The fourth-order valence-corrected chi connectivity index (χ4v) is 4.89. The lowest BCUT2D eigenvalue weighted by molar-refractivity contribution is 0.205. The lowest BCUT2D eigenvalue weighted by Gasteiger charge is -2.35. The number of benzene rings is 2. The molecule has 34 heavy (non-hydrogen) atoms. The largest absolute Gasteiger partial charge is 0.334 e. The highest BCUT2D eigenvalue weighted by atomic mass is 35.5. The maximum absolute atomic E-state index is 13.1. The number of urea groups is 1. The van der Waals surface area contributed by atoms with Gasteiger partial charge in [-0.3, -0.25) is 4.90 Å². The molecule has 1 atom stereocenters. The van der Waals surface area contributed by atoms with E-state index < -0.39 is 6.04 Å². The number of rotatable bonds is 6. The van der Waals surface area contributed by atoms with E-state index in [0.29, 0.717) is 23.3 Å². The third-order valence-corrected chi connectivity index (χ3v) is 7.12. The van der Waals surface area contributed by atoms with Crippen molar-refractivity contribution in [2.75, 3.05) is 6.54 Å². The molecule has 5 rings (SSSR count). The van der Waals surface area contributed by atoms with Crippen molar-refractivity contribution in [2.24, 2.45) is 0 Å².